The van der Waals surface area contributed by atoms with Gasteiger partial charge in [-0.2, -0.15) is 0 Å². The van der Waals surface area contributed by atoms with Crippen molar-refractivity contribution in [1.82, 2.24) is 14.6 Å². The van der Waals surface area contributed by atoms with Crippen LogP contribution in [0.1, 0.15) is 0 Å². The first-order valence-corrected chi connectivity index (χ1v) is 5.87. The van der Waals surface area contributed by atoms with Crippen LogP contribution >= 0.6 is 23.2 Å². The molecule has 0 amide bonds. The molecule has 0 spiro atoms. The Hall–Kier alpha value is -1.65. The van der Waals surface area contributed by atoms with Gasteiger partial charge in [0.1, 0.15) is 5.82 Å². The lowest BCUT2D eigenvalue weighted by molar-refractivity contribution is 0.619. The molecule has 6 heteroatoms. The van der Waals surface area contributed by atoms with E-state index in [0.29, 0.717) is 27.1 Å². The minimum absolute atomic E-state index is 0.383. The smallest absolute Gasteiger partial charge is 0.171 e. The Kier molecular flexibility index (Phi) is 2.69. The number of benzene rings is 1. The summed E-state index contributed by atoms with van der Waals surface area (Å²) in [6, 6.07) is 7.99. The first kappa shape index (κ1) is 11.4. The van der Waals surface area contributed by atoms with Crippen LogP contribution in [0.25, 0.3) is 17.0 Å². The molecule has 0 atom stereocenters. The van der Waals surface area contributed by atoms with Gasteiger partial charge in [-0.25, -0.2) is 4.39 Å². The van der Waals surface area contributed by atoms with Crippen LogP contribution in [0.4, 0.5) is 4.39 Å². The Morgan fingerprint density at radius 3 is 2.44 bits per heavy atom. The molecule has 90 valence electrons. The summed E-state index contributed by atoms with van der Waals surface area (Å²) in [6.07, 6.45) is 1.30. The summed E-state index contributed by atoms with van der Waals surface area (Å²) in [5.74, 6) is 0.0341. The van der Waals surface area contributed by atoms with Crippen molar-refractivity contribution in [2.75, 3.05) is 0 Å². The number of aromatic nitrogens is 3. The maximum absolute atomic E-state index is 13.3. The molecule has 3 aromatic rings. The summed E-state index contributed by atoms with van der Waals surface area (Å²) >= 11 is 12.2. The lowest BCUT2D eigenvalue weighted by atomic mass is 10.2. The SMILES string of the molecule is Fc1ccc2nnc(-c3c(Cl)cccc3Cl)n2c1. The fraction of sp³-hybridized carbons (Fsp3) is 0. The molecule has 1 aromatic carbocycles. The van der Waals surface area contributed by atoms with Crippen molar-refractivity contribution in [3.05, 3.63) is 52.4 Å². The quantitative estimate of drug-likeness (QED) is 0.678. The van der Waals surface area contributed by atoms with Crippen molar-refractivity contribution in [2.24, 2.45) is 0 Å². The highest BCUT2D eigenvalue weighted by Gasteiger charge is 2.15. The predicted octanol–water partition coefficient (Wildman–Crippen LogP) is 3.84. The number of pyridine rings is 1. The lowest BCUT2D eigenvalue weighted by Gasteiger charge is -2.04. The second kappa shape index (κ2) is 4.23. The van der Waals surface area contributed by atoms with Crippen LogP contribution in [-0.4, -0.2) is 14.6 Å². The first-order valence-electron chi connectivity index (χ1n) is 5.11. The van der Waals surface area contributed by atoms with Crippen LogP contribution in [0.3, 0.4) is 0 Å². The highest BCUT2D eigenvalue weighted by Crippen LogP contribution is 2.33. The van der Waals surface area contributed by atoms with Crippen LogP contribution in [-0.2, 0) is 0 Å². The third-order valence-corrected chi connectivity index (χ3v) is 3.18. The van der Waals surface area contributed by atoms with Gasteiger partial charge in [0.2, 0.25) is 0 Å². The Balaban J connectivity index is 2.35. The Labute approximate surface area is 112 Å². The van der Waals surface area contributed by atoms with E-state index in [4.69, 9.17) is 23.2 Å². The zero-order valence-electron chi connectivity index (χ0n) is 8.94. The molecular weight excluding hydrogens is 276 g/mol. The van der Waals surface area contributed by atoms with Crippen molar-refractivity contribution in [3.63, 3.8) is 0 Å². The van der Waals surface area contributed by atoms with E-state index in [1.807, 2.05) is 0 Å². The van der Waals surface area contributed by atoms with E-state index in [-0.39, 0.29) is 5.82 Å². The van der Waals surface area contributed by atoms with Gasteiger partial charge in [0.05, 0.1) is 15.6 Å². The van der Waals surface area contributed by atoms with E-state index >= 15 is 0 Å². The molecule has 18 heavy (non-hydrogen) atoms. The van der Waals surface area contributed by atoms with E-state index in [1.54, 1.807) is 18.2 Å². The molecule has 2 heterocycles. The molecule has 3 rings (SSSR count). The number of hydrogen-bond donors (Lipinski definition) is 0. The Morgan fingerprint density at radius 2 is 1.72 bits per heavy atom. The minimum Gasteiger partial charge on any atom is -0.279 e. The van der Waals surface area contributed by atoms with Crippen LogP contribution in [0.15, 0.2) is 36.5 Å². The maximum atomic E-state index is 13.3. The van der Waals surface area contributed by atoms with Crippen LogP contribution in [0, 0.1) is 5.82 Å². The van der Waals surface area contributed by atoms with Gasteiger partial charge in [-0.15, -0.1) is 10.2 Å². The number of nitrogens with zero attached hydrogens (tertiary/aromatic N) is 3. The third-order valence-electron chi connectivity index (χ3n) is 2.55. The topological polar surface area (TPSA) is 30.2 Å². The van der Waals surface area contributed by atoms with E-state index < -0.39 is 0 Å². The molecule has 0 bridgehead atoms. The van der Waals surface area contributed by atoms with Gasteiger partial charge in [-0.05, 0) is 24.3 Å². The van der Waals surface area contributed by atoms with Crippen molar-refractivity contribution in [3.8, 4) is 11.4 Å². The van der Waals surface area contributed by atoms with Crippen LogP contribution in [0.5, 0.6) is 0 Å². The minimum atomic E-state index is -0.383. The van der Waals surface area contributed by atoms with Gasteiger partial charge < -0.3 is 0 Å². The highest BCUT2D eigenvalue weighted by atomic mass is 35.5. The van der Waals surface area contributed by atoms with Crippen molar-refractivity contribution >= 4 is 28.8 Å². The van der Waals surface area contributed by atoms with Gasteiger partial charge >= 0.3 is 0 Å². The summed E-state index contributed by atoms with van der Waals surface area (Å²) < 4.78 is 14.8. The molecule has 0 aliphatic rings. The van der Waals surface area contributed by atoms with E-state index in [1.165, 1.54) is 22.7 Å². The van der Waals surface area contributed by atoms with Crippen molar-refractivity contribution in [2.45, 2.75) is 0 Å². The normalized spacial score (nSPS) is 11.1. The number of hydrogen-bond acceptors (Lipinski definition) is 2. The van der Waals surface area contributed by atoms with Gasteiger partial charge in [-0.3, -0.25) is 4.40 Å². The highest BCUT2D eigenvalue weighted by molar-refractivity contribution is 6.39. The average molecular weight is 282 g/mol. The van der Waals surface area contributed by atoms with Crippen LogP contribution in [0.2, 0.25) is 10.0 Å². The Morgan fingerprint density at radius 1 is 1.00 bits per heavy atom. The van der Waals surface area contributed by atoms with E-state index in [9.17, 15) is 4.39 Å². The first-order chi connectivity index (χ1) is 8.66. The van der Waals surface area contributed by atoms with Gasteiger partial charge in [0.25, 0.3) is 0 Å². The summed E-state index contributed by atoms with van der Waals surface area (Å²) in [7, 11) is 0. The predicted molar refractivity (Wildman–Crippen MR) is 68.4 cm³/mol. The van der Waals surface area contributed by atoms with Gasteiger partial charge in [0, 0.05) is 6.20 Å². The maximum Gasteiger partial charge on any atom is 0.171 e. The number of fused-ring (bicyclic) bond motifs is 1. The molecule has 0 radical (unpaired) electrons. The summed E-state index contributed by atoms with van der Waals surface area (Å²) in [4.78, 5) is 0. The lowest BCUT2D eigenvalue weighted by Crippen LogP contribution is -1.92. The standard InChI is InChI=1S/C12H6Cl2FN3/c13-8-2-1-3-9(14)11(8)12-17-16-10-5-4-7(15)6-18(10)12/h1-6H. The van der Waals surface area contributed by atoms with Gasteiger partial charge in [-0.1, -0.05) is 29.3 Å². The monoisotopic (exact) mass is 281 g/mol. The van der Waals surface area contributed by atoms with Gasteiger partial charge in [0.15, 0.2) is 11.5 Å². The zero-order chi connectivity index (χ0) is 12.7. The average Bonchev–Trinajstić information content (AvgIpc) is 2.72. The fourth-order valence-corrected chi connectivity index (χ4v) is 2.31. The summed E-state index contributed by atoms with van der Waals surface area (Å²) in [6.45, 7) is 0. The second-order valence-electron chi connectivity index (χ2n) is 3.70. The largest absolute Gasteiger partial charge is 0.279 e. The van der Waals surface area contributed by atoms with E-state index in [2.05, 4.69) is 10.2 Å². The van der Waals surface area contributed by atoms with Crippen molar-refractivity contribution < 1.29 is 4.39 Å². The molecule has 0 aliphatic heterocycles. The van der Waals surface area contributed by atoms with E-state index in [0.717, 1.165) is 0 Å². The van der Waals surface area contributed by atoms with Crippen molar-refractivity contribution in [1.29, 1.82) is 0 Å². The molecule has 0 saturated carbocycles. The molecule has 0 N–H and O–H groups in total. The molecule has 0 aliphatic carbocycles. The second-order valence-corrected chi connectivity index (χ2v) is 4.51. The zero-order valence-corrected chi connectivity index (χ0v) is 10.5. The molecule has 2 aromatic heterocycles. The third kappa shape index (κ3) is 1.74. The Bertz CT molecular complexity index is 719. The molecule has 0 fully saturated rings. The molecular formula is C12H6Cl2FN3. The summed E-state index contributed by atoms with van der Waals surface area (Å²) in [5, 5.41) is 8.84. The summed E-state index contributed by atoms with van der Waals surface area (Å²) in [5.41, 5.74) is 1.07. The molecule has 3 nitrogen and oxygen atoms in total. The van der Waals surface area contributed by atoms with Crippen LogP contribution < -0.4 is 0 Å². The number of halogens is 3. The number of rotatable bonds is 1. The molecule has 0 unspecified atom stereocenters. The molecule has 0 saturated heterocycles. The fourth-order valence-electron chi connectivity index (χ4n) is 1.75.